The van der Waals surface area contributed by atoms with Crippen LogP contribution in [0.2, 0.25) is 0 Å². The highest BCUT2D eigenvalue weighted by atomic mass is 19.4. The van der Waals surface area contributed by atoms with E-state index in [4.69, 9.17) is 0 Å². The maximum Gasteiger partial charge on any atom is 0.416 e. The van der Waals surface area contributed by atoms with Crippen molar-refractivity contribution in [2.75, 3.05) is 26.2 Å². The van der Waals surface area contributed by atoms with E-state index in [0.717, 1.165) is 38.1 Å². The van der Waals surface area contributed by atoms with Gasteiger partial charge in [-0.05, 0) is 37.5 Å². The van der Waals surface area contributed by atoms with Gasteiger partial charge in [0, 0.05) is 32.6 Å². The van der Waals surface area contributed by atoms with Gasteiger partial charge in [0.05, 0.1) is 12.1 Å². The Bertz CT molecular complexity index is 614. The van der Waals surface area contributed by atoms with Crippen LogP contribution >= 0.6 is 0 Å². The molecule has 1 aromatic rings. The predicted molar refractivity (Wildman–Crippen MR) is 94.7 cm³/mol. The van der Waals surface area contributed by atoms with Crippen LogP contribution in [0.1, 0.15) is 37.3 Å². The number of amides is 1. The Hall–Kier alpha value is -2.25. The van der Waals surface area contributed by atoms with E-state index in [9.17, 15) is 18.0 Å². The molecule has 0 radical (unpaired) electrons. The average molecular weight is 370 g/mol. The molecule has 1 aliphatic heterocycles. The van der Waals surface area contributed by atoms with Crippen LogP contribution in [-0.2, 0) is 17.5 Å². The summed E-state index contributed by atoms with van der Waals surface area (Å²) in [7, 11) is 0. The summed E-state index contributed by atoms with van der Waals surface area (Å²) in [6, 6.07) is 5.01. The number of benzene rings is 1. The number of alkyl halides is 3. The van der Waals surface area contributed by atoms with Crippen LogP contribution in [0.5, 0.6) is 0 Å². The number of rotatable bonds is 7. The van der Waals surface area contributed by atoms with Gasteiger partial charge in [-0.3, -0.25) is 4.79 Å². The summed E-state index contributed by atoms with van der Waals surface area (Å²) in [6.07, 6.45) is -1.93. The van der Waals surface area contributed by atoms with E-state index in [-0.39, 0.29) is 12.5 Å². The van der Waals surface area contributed by atoms with Gasteiger partial charge < -0.3 is 15.5 Å². The summed E-state index contributed by atoms with van der Waals surface area (Å²) in [6.45, 7) is 5.15. The van der Waals surface area contributed by atoms with Gasteiger partial charge in [0.2, 0.25) is 5.91 Å². The van der Waals surface area contributed by atoms with Gasteiger partial charge in [0.15, 0.2) is 5.96 Å². The van der Waals surface area contributed by atoms with E-state index in [1.165, 1.54) is 12.1 Å². The van der Waals surface area contributed by atoms with Crippen LogP contribution < -0.4 is 10.6 Å². The minimum absolute atomic E-state index is 0.216. The molecular formula is C18H25F3N4O. The van der Waals surface area contributed by atoms with Crippen LogP contribution in [0.4, 0.5) is 13.2 Å². The molecule has 144 valence electrons. The van der Waals surface area contributed by atoms with Crippen molar-refractivity contribution < 1.29 is 18.0 Å². The first-order valence-corrected chi connectivity index (χ1v) is 8.86. The predicted octanol–water partition coefficient (Wildman–Crippen LogP) is 2.77. The zero-order valence-corrected chi connectivity index (χ0v) is 14.9. The second kappa shape index (κ2) is 9.45. The molecule has 0 aromatic heterocycles. The molecule has 8 heteroatoms. The van der Waals surface area contributed by atoms with Gasteiger partial charge in [-0.25, -0.2) is 4.99 Å². The van der Waals surface area contributed by atoms with Crippen molar-refractivity contribution in [1.82, 2.24) is 15.5 Å². The Labute approximate surface area is 151 Å². The quantitative estimate of drug-likeness (QED) is 0.441. The molecular weight excluding hydrogens is 345 g/mol. The zero-order chi connectivity index (χ0) is 19.0. The summed E-state index contributed by atoms with van der Waals surface area (Å²) < 4.78 is 37.7. The highest BCUT2D eigenvalue weighted by Gasteiger charge is 2.29. The number of hydrogen-bond acceptors (Lipinski definition) is 2. The molecule has 0 unspecified atom stereocenters. The Kier molecular flexibility index (Phi) is 7.29. The van der Waals surface area contributed by atoms with Gasteiger partial charge >= 0.3 is 6.18 Å². The minimum Gasteiger partial charge on any atom is -0.357 e. The van der Waals surface area contributed by atoms with Gasteiger partial charge in [-0.15, -0.1) is 0 Å². The zero-order valence-electron chi connectivity index (χ0n) is 14.9. The Morgan fingerprint density at radius 2 is 1.96 bits per heavy atom. The molecule has 1 amide bonds. The van der Waals surface area contributed by atoms with E-state index in [1.54, 1.807) is 0 Å². The van der Waals surface area contributed by atoms with Crippen molar-refractivity contribution in [3.05, 3.63) is 35.4 Å². The standard InChI is InChI=1S/C18H25F3N4O/c1-2-22-17(23-10-4-12-25-11-3-5-16(25)26)24-13-14-6-8-15(9-7-14)18(19,20)21/h6-9H,2-5,10-13H2,1H3,(H2,22,23,24). The topological polar surface area (TPSA) is 56.7 Å². The molecule has 2 N–H and O–H groups in total. The second-order valence-corrected chi connectivity index (χ2v) is 6.15. The van der Waals surface area contributed by atoms with Gasteiger partial charge in [-0.2, -0.15) is 13.2 Å². The SMILES string of the molecule is CCNC(=NCc1ccc(C(F)(F)F)cc1)NCCCN1CCCC1=O. The lowest BCUT2D eigenvalue weighted by Gasteiger charge is -2.16. The summed E-state index contributed by atoms with van der Waals surface area (Å²) in [5, 5.41) is 6.29. The number of halogens is 3. The molecule has 1 saturated heterocycles. The van der Waals surface area contributed by atoms with E-state index >= 15 is 0 Å². The molecule has 0 aliphatic carbocycles. The van der Waals surface area contributed by atoms with Crippen molar-refractivity contribution in [2.24, 2.45) is 4.99 Å². The molecule has 0 spiro atoms. The molecule has 1 aromatic carbocycles. The lowest BCUT2D eigenvalue weighted by atomic mass is 10.1. The van der Waals surface area contributed by atoms with Crippen LogP contribution in [-0.4, -0.2) is 42.9 Å². The monoisotopic (exact) mass is 370 g/mol. The van der Waals surface area contributed by atoms with Crippen LogP contribution in [0.25, 0.3) is 0 Å². The minimum atomic E-state index is -4.32. The largest absolute Gasteiger partial charge is 0.416 e. The number of nitrogens with one attached hydrogen (secondary N) is 2. The summed E-state index contributed by atoms with van der Waals surface area (Å²) in [4.78, 5) is 17.8. The molecule has 1 heterocycles. The van der Waals surface area contributed by atoms with E-state index in [0.29, 0.717) is 31.0 Å². The first-order valence-electron chi connectivity index (χ1n) is 8.86. The van der Waals surface area contributed by atoms with Crippen LogP contribution in [0, 0.1) is 0 Å². The van der Waals surface area contributed by atoms with Crippen molar-refractivity contribution in [2.45, 2.75) is 38.9 Å². The van der Waals surface area contributed by atoms with Crippen LogP contribution in [0.3, 0.4) is 0 Å². The Morgan fingerprint density at radius 3 is 2.54 bits per heavy atom. The number of likely N-dealkylation sites (tertiary alicyclic amines) is 1. The lowest BCUT2D eigenvalue weighted by molar-refractivity contribution is -0.137. The average Bonchev–Trinajstić information content (AvgIpc) is 3.01. The summed E-state index contributed by atoms with van der Waals surface area (Å²) in [5.41, 5.74) is 0.0459. The number of guanidine groups is 1. The third-order valence-electron chi connectivity index (χ3n) is 4.11. The summed E-state index contributed by atoms with van der Waals surface area (Å²) >= 11 is 0. The first kappa shape index (κ1) is 20.1. The Morgan fingerprint density at radius 1 is 1.23 bits per heavy atom. The number of carbonyl (C=O) groups excluding carboxylic acids is 1. The van der Waals surface area contributed by atoms with Crippen molar-refractivity contribution in [1.29, 1.82) is 0 Å². The lowest BCUT2D eigenvalue weighted by Crippen LogP contribution is -2.39. The summed E-state index contributed by atoms with van der Waals surface area (Å²) in [5.74, 6) is 0.827. The van der Waals surface area contributed by atoms with Gasteiger partial charge in [0.1, 0.15) is 0 Å². The third-order valence-corrected chi connectivity index (χ3v) is 4.11. The maximum absolute atomic E-state index is 12.6. The number of nitrogens with zero attached hydrogens (tertiary/aromatic N) is 2. The first-order chi connectivity index (χ1) is 12.4. The fourth-order valence-corrected chi connectivity index (χ4v) is 2.73. The second-order valence-electron chi connectivity index (χ2n) is 6.15. The molecule has 26 heavy (non-hydrogen) atoms. The third kappa shape index (κ3) is 6.24. The van der Waals surface area contributed by atoms with Crippen molar-refractivity contribution >= 4 is 11.9 Å². The maximum atomic E-state index is 12.6. The fourth-order valence-electron chi connectivity index (χ4n) is 2.73. The number of carbonyl (C=O) groups is 1. The molecule has 0 bridgehead atoms. The molecule has 5 nitrogen and oxygen atoms in total. The van der Waals surface area contributed by atoms with E-state index < -0.39 is 11.7 Å². The molecule has 2 rings (SSSR count). The van der Waals surface area contributed by atoms with Gasteiger partial charge in [0.25, 0.3) is 0 Å². The smallest absolute Gasteiger partial charge is 0.357 e. The molecule has 1 aliphatic rings. The Balaban J connectivity index is 1.80. The molecule has 0 atom stereocenters. The highest BCUT2D eigenvalue weighted by Crippen LogP contribution is 2.29. The number of aliphatic imine (C=N–C) groups is 1. The van der Waals surface area contributed by atoms with E-state index in [1.807, 2.05) is 11.8 Å². The molecule has 0 saturated carbocycles. The fraction of sp³-hybridized carbons (Fsp3) is 0.556. The van der Waals surface area contributed by atoms with Crippen LogP contribution in [0.15, 0.2) is 29.3 Å². The van der Waals surface area contributed by atoms with Crippen molar-refractivity contribution in [3.8, 4) is 0 Å². The van der Waals surface area contributed by atoms with Gasteiger partial charge in [-0.1, -0.05) is 12.1 Å². The molecule has 1 fully saturated rings. The normalized spacial score (nSPS) is 15.5. The van der Waals surface area contributed by atoms with Crippen molar-refractivity contribution in [3.63, 3.8) is 0 Å². The number of hydrogen-bond donors (Lipinski definition) is 2. The van der Waals surface area contributed by atoms with E-state index in [2.05, 4.69) is 15.6 Å². The highest BCUT2D eigenvalue weighted by molar-refractivity contribution is 5.79.